The summed E-state index contributed by atoms with van der Waals surface area (Å²) in [5.74, 6) is -1.05. The quantitative estimate of drug-likeness (QED) is 0.334. The van der Waals surface area contributed by atoms with Crippen molar-refractivity contribution in [2.45, 2.75) is 22.7 Å². The van der Waals surface area contributed by atoms with Crippen molar-refractivity contribution in [3.05, 3.63) is 65.7 Å². The first-order valence-electron chi connectivity index (χ1n) is 9.94. The van der Waals surface area contributed by atoms with Crippen LogP contribution in [-0.4, -0.2) is 27.4 Å². The number of esters is 1. The molecule has 0 unspecified atom stereocenters. The Hall–Kier alpha value is -1.99. The van der Waals surface area contributed by atoms with Crippen LogP contribution in [0.5, 0.6) is 0 Å². The van der Waals surface area contributed by atoms with Gasteiger partial charge in [-0.25, -0.2) is 4.79 Å². The number of ether oxygens (including phenoxy) is 1. The van der Waals surface area contributed by atoms with Gasteiger partial charge in [-0.1, -0.05) is 68.3 Å². The number of carbonyl (C=O) groups is 3. The first kappa shape index (κ1) is 19.9. The van der Waals surface area contributed by atoms with Crippen molar-refractivity contribution in [1.29, 1.82) is 0 Å². The Bertz CT molecular complexity index is 995. The topological polar surface area (TPSA) is 63.7 Å². The second-order valence-corrected chi connectivity index (χ2v) is 10.2. The van der Waals surface area contributed by atoms with Crippen LogP contribution in [0.2, 0.25) is 0 Å². The lowest BCUT2D eigenvalue weighted by atomic mass is 9.81. The third kappa shape index (κ3) is 3.05. The van der Waals surface area contributed by atoms with E-state index in [2.05, 4.69) is 31.9 Å². The lowest BCUT2D eigenvalue weighted by Crippen LogP contribution is -2.37. The Kier molecular flexibility index (Phi) is 5.06. The lowest BCUT2D eigenvalue weighted by molar-refractivity contribution is -0.123. The molecule has 0 radical (unpaired) electrons. The minimum absolute atomic E-state index is 0.156. The van der Waals surface area contributed by atoms with Gasteiger partial charge in [-0.2, -0.15) is 0 Å². The Balaban J connectivity index is 1.36. The zero-order chi connectivity index (χ0) is 21.0. The standard InChI is InChI=1S/C23H19Br2NO4/c24-19-15-10-16(20(19)25)18-17(15)21(27)26(22(18)28)14-8-4-7-13(9-14)23(29)30-11-12-5-2-1-3-6-12/h1-9,15-20H,10-11H2/t15-,16-,17-,18-,19-,20+/m1/s1. The molecule has 0 spiro atoms. The summed E-state index contributed by atoms with van der Waals surface area (Å²) in [4.78, 5) is 40.5. The molecular formula is C23H19Br2NO4. The molecule has 2 aliphatic carbocycles. The highest BCUT2D eigenvalue weighted by Gasteiger charge is 2.66. The van der Waals surface area contributed by atoms with Crippen molar-refractivity contribution in [3.8, 4) is 0 Å². The van der Waals surface area contributed by atoms with Crippen molar-refractivity contribution in [3.63, 3.8) is 0 Å². The lowest BCUT2D eigenvalue weighted by Gasteiger charge is -2.28. The molecule has 0 N–H and O–H groups in total. The van der Waals surface area contributed by atoms with Crippen LogP contribution in [0.1, 0.15) is 22.3 Å². The van der Waals surface area contributed by atoms with Crippen molar-refractivity contribution in [1.82, 2.24) is 0 Å². The van der Waals surface area contributed by atoms with Crippen molar-refractivity contribution >= 4 is 55.3 Å². The molecule has 6 atom stereocenters. The molecule has 2 aromatic carbocycles. The number of hydrogen-bond donors (Lipinski definition) is 0. The van der Waals surface area contributed by atoms with Gasteiger partial charge in [-0.05, 0) is 42.0 Å². The monoisotopic (exact) mass is 531 g/mol. The Morgan fingerprint density at radius 3 is 2.20 bits per heavy atom. The molecule has 0 aromatic heterocycles. The van der Waals surface area contributed by atoms with Gasteiger partial charge in [0.25, 0.3) is 0 Å². The largest absolute Gasteiger partial charge is 0.457 e. The molecule has 7 heteroatoms. The molecular weight excluding hydrogens is 514 g/mol. The minimum Gasteiger partial charge on any atom is -0.457 e. The summed E-state index contributed by atoms with van der Waals surface area (Å²) in [6.07, 6.45) is 0.887. The molecule has 2 saturated carbocycles. The van der Waals surface area contributed by atoms with Crippen LogP contribution in [0.4, 0.5) is 5.69 Å². The van der Waals surface area contributed by atoms with E-state index in [0.29, 0.717) is 11.3 Å². The number of imide groups is 1. The zero-order valence-electron chi connectivity index (χ0n) is 15.9. The second kappa shape index (κ2) is 7.61. The molecule has 3 fully saturated rings. The van der Waals surface area contributed by atoms with E-state index in [1.165, 1.54) is 4.90 Å². The maximum absolute atomic E-state index is 13.2. The van der Waals surface area contributed by atoms with Gasteiger partial charge in [0.15, 0.2) is 0 Å². The van der Waals surface area contributed by atoms with E-state index >= 15 is 0 Å². The van der Waals surface area contributed by atoms with Crippen LogP contribution < -0.4 is 4.90 Å². The van der Waals surface area contributed by atoms with Gasteiger partial charge in [0, 0.05) is 9.65 Å². The number of alkyl halides is 2. The average molecular weight is 533 g/mol. The number of nitrogens with zero attached hydrogens (tertiary/aromatic N) is 1. The molecule has 154 valence electrons. The number of amides is 2. The van der Waals surface area contributed by atoms with Gasteiger partial charge >= 0.3 is 5.97 Å². The predicted octanol–water partition coefficient (Wildman–Crippen LogP) is 4.33. The summed E-state index contributed by atoms with van der Waals surface area (Å²) >= 11 is 7.40. The van der Waals surface area contributed by atoms with Gasteiger partial charge < -0.3 is 4.74 Å². The third-order valence-corrected chi connectivity index (χ3v) is 9.75. The molecule has 30 heavy (non-hydrogen) atoms. The SMILES string of the molecule is O=C(OCc1ccccc1)c1cccc(N2C(=O)[C@@H]3[C@H]4C[C@@H]([C@@H](Br)[C@H]4Br)[C@H]3C2=O)c1. The Morgan fingerprint density at radius 1 is 0.933 bits per heavy atom. The number of rotatable bonds is 4. The molecule has 1 saturated heterocycles. The summed E-state index contributed by atoms with van der Waals surface area (Å²) in [5, 5.41) is 0. The summed E-state index contributed by atoms with van der Waals surface area (Å²) in [7, 11) is 0. The molecule has 5 rings (SSSR count). The predicted molar refractivity (Wildman–Crippen MR) is 119 cm³/mol. The molecule has 1 aliphatic heterocycles. The fourth-order valence-electron chi connectivity index (χ4n) is 5.18. The fourth-order valence-corrected chi connectivity index (χ4v) is 7.06. The van der Waals surface area contributed by atoms with Gasteiger partial charge in [0.1, 0.15) is 6.61 Å². The smallest absolute Gasteiger partial charge is 0.338 e. The van der Waals surface area contributed by atoms with E-state index in [1.807, 2.05) is 30.3 Å². The highest BCUT2D eigenvalue weighted by atomic mass is 79.9. The minimum atomic E-state index is -0.485. The highest BCUT2D eigenvalue weighted by Crippen LogP contribution is 2.60. The first-order chi connectivity index (χ1) is 14.5. The van der Waals surface area contributed by atoms with Crippen LogP contribution in [-0.2, 0) is 20.9 Å². The van der Waals surface area contributed by atoms with E-state index in [4.69, 9.17) is 4.74 Å². The number of carbonyl (C=O) groups excluding carboxylic acids is 3. The van der Waals surface area contributed by atoms with Crippen LogP contribution in [0.15, 0.2) is 54.6 Å². The normalized spacial score (nSPS) is 31.9. The average Bonchev–Trinajstić information content (AvgIpc) is 3.37. The zero-order valence-corrected chi connectivity index (χ0v) is 19.1. The van der Waals surface area contributed by atoms with Crippen molar-refractivity contribution < 1.29 is 19.1 Å². The Morgan fingerprint density at radius 2 is 1.57 bits per heavy atom. The number of anilines is 1. The van der Waals surface area contributed by atoms with Crippen LogP contribution in [0, 0.1) is 23.7 Å². The summed E-state index contributed by atoms with van der Waals surface area (Å²) in [6, 6.07) is 16.0. The molecule has 3 aliphatic rings. The van der Waals surface area contributed by atoms with Crippen LogP contribution in [0.3, 0.4) is 0 Å². The maximum atomic E-state index is 13.2. The molecule has 5 nitrogen and oxygen atoms in total. The second-order valence-electron chi connectivity index (χ2n) is 8.13. The number of fused-ring (bicyclic) bond motifs is 5. The van der Waals surface area contributed by atoms with E-state index in [0.717, 1.165) is 12.0 Å². The van der Waals surface area contributed by atoms with E-state index in [1.54, 1.807) is 24.3 Å². The van der Waals surface area contributed by atoms with E-state index < -0.39 is 5.97 Å². The van der Waals surface area contributed by atoms with Crippen molar-refractivity contribution in [2.75, 3.05) is 4.90 Å². The Labute approximate surface area is 191 Å². The summed E-state index contributed by atoms with van der Waals surface area (Å²) in [5.41, 5.74) is 1.65. The maximum Gasteiger partial charge on any atom is 0.338 e. The third-order valence-electron chi connectivity index (χ3n) is 6.54. The molecule has 2 aromatic rings. The molecule has 2 bridgehead atoms. The fraction of sp³-hybridized carbons (Fsp3) is 0.348. The highest BCUT2D eigenvalue weighted by molar-refractivity contribution is 9.12. The van der Waals surface area contributed by atoms with Gasteiger partial charge in [-0.15, -0.1) is 0 Å². The summed E-state index contributed by atoms with van der Waals surface area (Å²) in [6.45, 7) is 0.165. The van der Waals surface area contributed by atoms with Gasteiger partial charge in [0.05, 0.1) is 23.1 Å². The number of hydrogen-bond acceptors (Lipinski definition) is 4. The van der Waals surface area contributed by atoms with E-state index in [-0.39, 0.29) is 51.7 Å². The van der Waals surface area contributed by atoms with Crippen LogP contribution >= 0.6 is 31.9 Å². The van der Waals surface area contributed by atoms with Crippen molar-refractivity contribution in [2.24, 2.45) is 23.7 Å². The molecule has 1 heterocycles. The van der Waals surface area contributed by atoms with E-state index in [9.17, 15) is 14.4 Å². The van der Waals surface area contributed by atoms with Crippen LogP contribution in [0.25, 0.3) is 0 Å². The number of halogens is 2. The van der Waals surface area contributed by atoms with Gasteiger partial charge in [0.2, 0.25) is 11.8 Å². The molecule has 2 amide bonds. The van der Waals surface area contributed by atoms with Gasteiger partial charge in [-0.3, -0.25) is 14.5 Å². The summed E-state index contributed by atoms with van der Waals surface area (Å²) < 4.78 is 5.39. The number of benzene rings is 2. The first-order valence-corrected chi connectivity index (χ1v) is 11.8.